The number of hydrogen-bond acceptors (Lipinski definition) is 4. The Morgan fingerprint density at radius 2 is 2.23 bits per heavy atom. The molecule has 2 rings (SSSR count). The highest BCUT2D eigenvalue weighted by atomic mass is 16.5. The molecule has 1 aliphatic heterocycles. The van der Waals surface area contributed by atoms with E-state index in [0.717, 1.165) is 24.5 Å². The van der Waals surface area contributed by atoms with E-state index < -0.39 is 0 Å². The lowest BCUT2D eigenvalue weighted by molar-refractivity contribution is -0.00545. The molecule has 2 atom stereocenters. The third kappa shape index (κ3) is 4.73. The Morgan fingerprint density at radius 3 is 2.82 bits per heavy atom. The van der Waals surface area contributed by atoms with Gasteiger partial charge >= 0.3 is 0 Å². The van der Waals surface area contributed by atoms with Crippen LogP contribution in [0.1, 0.15) is 19.4 Å². The van der Waals surface area contributed by atoms with Crippen LogP contribution in [0.25, 0.3) is 0 Å². The zero-order valence-electron chi connectivity index (χ0n) is 13.3. The Morgan fingerprint density at radius 1 is 1.50 bits per heavy atom. The fourth-order valence-corrected chi connectivity index (χ4v) is 2.47. The maximum atomic E-state index is 5.74. The number of ether oxygens (including phenoxy) is 1. The number of pyridine rings is 1. The van der Waals surface area contributed by atoms with Gasteiger partial charge in [0.25, 0.3) is 0 Å². The van der Waals surface area contributed by atoms with Crippen LogP contribution < -0.4 is 16.0 Å². The van der Waals surface area contributed by atoms with Gasteiger partial charge in [0.2, 0.25) is 0 Å². The van der Waals surface area contributed by atoms with E-state index in [1.807, 2.05) is 18.3 Å². The second-order valence-corrected chi connectivity index (χ2v) is 5.56. The van der Waals surface area contributed by atoms with Crippen LogP contribution in [0.3, 0.4) is 0 Å². The molecule has 2 unspecified atom stereocenters. The Bertz CT molecular complexity index is 504. The van der Waals surface area contributed by atoms with Crippen molar-refractivity contribution in [1.29, 1.82) is 0 Å². The van der Waals surface area contributed by atoms with Gasteiger partial charge in [-0.2, -0.15) is 0 Å². The normalized spacial score (nSPS) is 22.5. The fraction of sp³-hybridized carbons (Fsp3) is 0.500. The van der Waals surface area contributed by atoms with Crippen LogP contribution in [0, 0.1) is 0 Å². The van der Waals surface area contributed by atoms with Crippen molar-refractivity contribution in [2.45, 2.75) is 32.6 Å². The first kappa shape index (κ1) is 16.3. The first-order valence-electron chi connectivity index (χ1n) is 7.58. The molecule has 1 saturated heterocycles. The van der Waals surface area contributed by atoms with Crippen LogP contribution in [0.15, 0.2) is 36.0 Å². The van der Waals surface area contributed by atoms with Crippen LogP contribution in [-0.2, 0) is 11.3 Å². The fourth-order valence-electron chi connectivity index (χ4n) is 2.47. The molecule has 1 aromatic rings. The third-order valence-corrected chi connectivity index (χ3v) is 3.41. The summed E-state index contributed by atoms with van der Waals surface area (Å²) >= 11 is 0. The standard InChI is InChI=1S/C16H25N5O/c1-4-7-18-16(17)20-9-14-5-6-15(19-8-14)21-10-12(2)22-13(3)11-21/h4-6,8,12-13H,1,7,9-11H2,2-3H3,(H3,17,18,20). The average molecular weight is 303 g/mol. The molecule has 6 heteroatoms. The van der Waals surface area contributed by atoms with E-state index in [1.54, 1.807) is 6.08 Å². The minimum absolute atomic E-state index is 0.227. The second kappa shape index (κ2) is 7.79. The number of nitrogens with one attached hydrogen (secondary N) is 1. The molecule has 0 aromatic carbocycles. The molecule has 0 spiro atoms. The molecular weight excluding hydrogens is 278 g/mol. The van der Waals surface area contributed by atoms with Gasteiger partial charge in [-0.25, -0.2) is 9.98 Å². The molecule has 0 saturated carbocycles. The lowest BCUT2D eigenvalue weighted by Crippen LogP contribution is -2.45. The monoisotopic (exact) mass is 303 g/mol. The van der Waals surface area contributed by atoms with E-state index >= 15 is 0 Å². The maximum absolute atomic E-state index is 5.74. The van der Waals surface area contributed by atoms with Crippen LogP contribution in [-0.4, -0.2) is 42.8 Å². The number of hydrogen-bond donors (Lipinski definition) is 2. The van der Waals surface area contributed by atoms with E-state index in [4.69, 9.17) is 10.5 Å². The minimum atomic E-state index is 0.227. The van der Waals surface area contributed by atoms with Crippen LogP contribution >= 0.6 is 0 Å². The van der Waals surface area contributed by atoms with Gasteiger partial charge in [-0.15, -0.1) is 6.58 Å². The molecule has 0 bridgehead atoms. The summed E-state index contributed by atoms with van der Waals surface area (Å²) < 4.78 is 5.74. The van der Waals surface area contributed by atoms with Crippen LogP contribution in [0.2, 0.25) is 0 Å². The molecule has 0 amide bonds. The summed E-state index contributed by atoms with van der Waals surface area (Å²) in [5.74, 6) is 1.40. The Balaban J connectivity index is 1.94. The Kier molecular flexibility index (Phi) is 5.77. The number of guanidine groups is 1. The summed E-state index contributed by atoms with van der Waals surface area (Å²) in [7, 11) is 0. The summed E-state index contributed by atoms with van der Waals surface area (Å²) in [5, 5.41) is 2.94. The number of aromatic nitrogens is 1. The molecule has 120 valence electrons. The van der Waals surface area contributed by atoms with Gasteiger partial charge in [-0.3, -0.25) is 0 Å². The second-order valence-electron chi connectivity index (χ2n) is 5.56. The maximum Gasteiger partial charge on any atom is 0.189 e. The van der Waals surface area contributed by atoms with E-state index in [2.05, 4.69) is 40.6 Å². The molecule has 22 heavy (non-hydrogen) atoms. The van der Waals surface area contributed by atoms with Gasteiger partial charge < -0.3 is 20.7 Å². The number of nitrogens with zero attached hydrogens (tertiary/aromatic N) is 3. The predicted molar refractivity (Wildman–Crippen MR) is 90.0 cm³/mol. The molecule has 1 aliphatic rings. The number of rotatable bonds is 5. The summed E-state index contributed by atoms with van der Waals surface area (Å²) in [6, 6.07) is 4.07. The average Bonchev–Trinajstić information content (AvgIpc) is 2.50. The number of morpholine rings is 1. The lowest BCUT2D eigenvalue weighted by atomic mass is 10.2. The van der Waals surface area contributed by atoms with Gasteiger partial charge in [-0.1, -0.05) is 12.1 Å². The first-order valence-corrected chi connectivity index (χ1v) is 7.58. The molecule has 0 aliphatic carbocycles. The van der Waals surface area contributed by atoms with Gasteiger partial charge in [0.05, 0.1) is 18.8 Å². The van der Waals surface area contributed by atoms with Crippen molar-refractivity contribution in [1.82, 2.24) is 10.3 Å². The first-order chi connectivity index (χ1) is 10.6. The van der Waals surface area contributed by atoms with E-state index in [9.17, 15) is 0 Å². The summed E-state index contributed by atoms with van der Waals surface area (Å²) in [6.07, 6.45) is 4.05. The summed E-state index contributed by atoms with van der Waals surface area (Å²) in [5.41, 5.74) is 6.76. The highest BCUT2D eigenvalue weighted by Crippen LogP contribution is 2.18. The van der Waals surface area contributed by atoms with Gasteiger partial charge in [-0.05, 0) is 25.5 Å². The van der Waals surface area contributed by atoms with Crippen molar-refractivity contribution in [3.63, 3.8) is 0 Å². The molecule has 6 nitrogen and oxygen atoms in total. The largest absolute Gasteiger partial charge is 0.372 e. The highest BCUT2D eigenvalue weighted by Gasteiger charge is 2.22. The van der Waals surface area contributed by atoms with E-state index in [-0.39, 0.29) is 12.2 Å². The Hall–Kier alpha value is -2.08. The van der Waals surface area contributed by atoms with Crippen molar-refractivity contribution in [2.24, 2.45) is 10.7 Å². The number of anilines is 1. The van der Waals surface area contributed by atoms with E-state index in [1.165, 1.54) is 0 Å². The number of aliphatic imine (C=N–C) groups is 1. The van der Waals surface area contributed by atoms with Crippen molar-refractivity contribution in [2.75, 3.05) is 24.5 Å². The Labute approximate surface area is 132 Å². The van der Waals surface area contributed by atoms with Crippen molar-refractivity contribution in [3.8, 4) is 0 Å². The molecule has 0 radical (unpaired) electrons. The van der Waals surface area contributed by atoms with Crippen LogP contribution in [0.5, 0.6) is 0 Å². The smallest absolute Gasteiger partial charge is 0.189 e. The van der Waals surface area contributed by atoms with Crippen molar-refractivity contribution >= 4 is 11.8 Å². The molecule has 2 heterocycles. The van der Waals surface area contributed by atoms with Crippen molar-refractivity contribution in [3.05, 3.63) is 36.5 Å². The van der Waals surface area contributed by atoms with E-state index in [0.29, 0.717) is 19.0 Å². The van der Waals surface area contributed by atoms with Gasteiger partial charge in [0, 0.05) is 25.8 Å². The topological polar surface area (TPSA) is 75.8 Å². The SMILES string of the molecule is C=CCNC(N)=NCc1ccc(N2CC(C)OC(C)C2)nc1. The highest BCUT2D eigenvalue weighted by molar-refractivity contribution is 5.77. The lowest BCUT2D eigenvalue weighted by Gasteiger charge is -2.36. The number of nitrogens with two attached hydrogens (primary N) is 1. The summed E-state index contributed by atoms with van der Waals surface area (Å²) in [4.78, 5) is 11.1. The minimum Gasteiger partial charge on any atom is -0.372 e. The molecular formula is C16H25N5O. The predicted octanol–water partition coefficient (Wildman–Crippen LogP) is 1.29. The quantitative estimate of drug-likeness (QED) is 0.487. The van der Waals surface area contributed by atoms with Crippen LogP contribution in [0.4, 0.5) is 5.82 Å². The molecule has 1 fully saturated rings. The van der Waals surface area contributed by atoms with Gasteiger partial charge in [0.1, 0.15) is 5.82 Å². The molecule has 1 aromatic heterocycles. The zero-order chi connectivity index (χ0) is 15.9. The summed E-state index contributed by atoms with van der Waals surface area (Å²) in [6.45, 7) is 10.7. The third-order valence-electron chi connectivity index (χ3n) is 3.41. The zero-order valence-corrected chi connectivity index (χ0v) is 13.3. The molecule has 3 N–H and O–H groups in total. The van der Waals surface area contributed by atoms with Gasteiger partial charge in [0.15, 0.2) is 5.96 Å². The van der Waals surface area contributed by atoms with Crippen molar-refractivity contribution < 1.29 is 4.74 Å².